The summed E-state index contributed by atoms with van der Waals surface area (Å²) in [5, 5.41) is 0.442. The SMILES string of the molecule is CCc1ccc(-n2c(C(C)N(C)S(=O)(=O)c3ccc(F)cc3)nc3ccccc3c2=O)cc1. The normalized spacial score (nSPS) is 12.9. The Morgan fingerprint density at radius 1 is 1.00 bits per heavy atom. The Morgan fingerprint density at radius 2 is 1.64 bits per heavy atom. The monoisotopic (exact) mass is 465 g/mol. The molecule has 1 unspecified atom stereocenters. The van der Waals surface area contributed by atoms with E-state index in [0.717, 1.165) is 28.4 Å². The van der Waals surface area contributed by atoms with Crippen LogP contribution in [-0.4, -0.2) is 29.3 Å². The minimum Gasteiger partial charge on any atom is -0.268 e. The van der Waals surface area contributed by atoms with E-state index < -0.39 is 21.9 Å². The van der Waals surface area contributed by atoms with Crippen LogP contribution in [0, 0.1) is 5.82 Å². The first-order valence-electron chi connectivity index (χ1n) is 10.6. The quantitative estimate of drug-likeness (QED) is 0.421. The van der Waals surface area contributed by atoms with Crippen molar-refractivity contribution in [2.75, 3.05) is 7.05 Å². The second-order valence-corrected chi connectivity index (χ2v) is 9.80. The van der Waals surface area contributed by atoms with Crippen LogP contribution in [0.25, 0.3) is 16.6 Å². The van der Waals surface area contributed by atoms with Gasteiger partial charge in [0.1, 0.15) is 11.6 Å². The van der Waals surface area contributed by atoms with Gasteiger partial charge >= 0.3 is 0 Å². The summed E-state index contributed by atoms with van der Waals surface area (Å²) in [6.07, 6.45) is 0.854. The molecule has 1 heterocycles. The molecule has 0 aliphatic carbocycles. The fourth-order valence-corrected chi connectivity index (χ4v) is 5.03. The maximum absolute atomic E-state index is 13.5. The molecule has 4 rings (SSSR count). The Labute approximate surface area is 192 Å². The van der Waals surface area contributed by atoms with Gasteiger partial charge in [-0.1, -0.05) is 31.2 Å². The third-order valence-corrected chi connectivity index (χ3v) is 7.76. The van der Waals surface area contributed by atoms with E-state index in [1.165, 1.54) is 23.7 Å². The van der Waals surface area contributed by atoms with Crippen LogP contribution in [0.1, 0.15) is 31.3 Å². The summed E-state index contributed by atoms with van der Waals surface area (Å²) < 4.78 is 42.4. The summed E-state index contributed by atoms with van der Waals surface area (Å²) >= 11 is 0. The zero-order valence-electron chi connectivity index (χ0n) is 18.6. The fraction of sp³-hybridized carbons (Fsp3) is 0.200. The average molecular weight is 466 g/mol. The highest BCUT2D eigenvalue weighted by molar-refractivity contribution is 7.89. The largest absolute Gasteiger partial charge is 0.268 e. The van der Waals surface area contributed by atoms with Gasteiger partial charge in [-0.05, 0) is 67.4 Å². The minimum absolute atomic E-state index is 0.0414. The molecule has 0 aliphatic heterocycles. The van der Waals surface area contributed by atoms with Crippen molar-refractivity contribution in [2.24, 2.45) is 0 Å². The van der Waals surface area contributed by atoms with Crippen LogP contribution in [0.5, 0.6) is 0 Å². The lowest BCUT2D eigenvalue weighted by Gasteiger charge is -2.26. The minimum atomic E-state index is -3.97. The van der Waals surface area contributed by atoms with E-state index in [0.29, 0.717) is 16.6 Å². The van der Waals surface area contributed by atoms with E-state index in [-0.39, 0.29) is 16.3 Å². The summed E-state index contributed by atoms with van der Waals surface area (Å²) in [5.41, 5.74) is 1.92. The lowest BCUT2D eigenvalue weighted by Crippen LogP contribution is -2.35. The second-order valence-electron chi connectivity index (χ2n) is 7.80. The highest BCUT2D eigenvalue weighted by Gasteiger charge is 2.30. The van der Waals surface area contributed by atoms with Crippen LogP contribution in [-0.2, 0) is 16.4 Å². The fourth-order valence-electron chi connectivity index (χ4n) is 3.70. The molecule has 0 aliphatic rings. The first-order valence-corrected chi connectivity index (χ1v) is 12.0. The summed E-state index contributed by atoms with van der Waals surface area (Å²) in [6, 6.07) is 18.4. The number of halogens is 1. The molecule has 33 heavy (non-hydrogen) atoms. The molecule has 1 atom stereocenters. The maximum atomic E-state index is 13.5. The van der Waals surface area contributed by atoms with Crippen LogP contribution in [0.3, 0.4) is 0 Å². The Morgan fingerprint density at radius 3 is 2.27 bits per heavy atom. The van der Waals surface area contributed by atoms with E-state index in [4.69, 9.17) is 4.98 Å². The highest BCUT2D eigenvalue weighted by Crippen LogP contribution is 2.27. The van der Waals surface area contributed by atoms with Gasteiger partial charge in [-0.3, -0.25) is 9.36 Å². The van der Waals surface area contributed by atoms with Crippen LogP contribution in [0.2, 0.25) is 0 Å². The van der Waals surface area contributed by atoms with Gasteiger partial charge < -0.3 is 0 Å². The molecular formula is C25H24FN3O3S. The van der Waals surface area contributed by atoms with Gasteiger partial charge in [-0.25, -0.2) is 17.8 Å². The van der Waals surface area contributed by atoms with Gasteiger partial charge in [-0.2, -0.15) is 4.31 Å². The Bertz CT molecular complexity index is 1460. The molecule has 0 N–H and O–H groups in total. The number of fused-ring (bicyclic) bond motifs is 1. The van der Waals surface area contributed by atoms with E-state index >= 15 is 0 Å². The molecule has 8 heteroatoms. The lowest BCUT2D eigenvalue weighted by atomic mass is 10.1. The summed E-state index contributed by atoms with van der Waals surface area (Å²) in [7, 11) is -2.54. The number of aromatic nitrogens is 2. The lowest BCUT2D eigenvalue weighted by molar-refractivity contribution is 0.379. The van der Waals surface area contributed by atoms with Crippen molar-refractivity contribution in [1.29, 1.82) is 0 Å². The number of rotatable bonds is 6. The molecule has 0 radical (unpaired) electrons. The molecule has 0 saturated carbocycles. The standard InChI is InChI=1S/C25H24FN3O3S/c1-4-18-9-13-20(14-10-18)29-24(27-23-8-6-5-7-22(23)25(29)30)17(2)28(3)33(31,32)21-15-11-19(26)12-16-21/h5-17H,4H2,1-3H3. The van der Waals surface area contributed by atoms with Crippen molar-refractivity contribution >= 4 is 20.9 Å². The molecule has 3 aromatic carbocycles. The Balaban J connectivity index is 1.89. The molecule has 1 aromatic heterocycles. The van der Waals surface area contributed by atoms with Crippen LogP contribution < -0.4 is 5.56 Å². The Hall–Kier alpha value is -3.36. The van der Waals surface area contributed by atoms with Crippen LogP contribution in [0.15, 0.2) is 82.5 Å². The van der Waals surface area contributed by atoms with Gasteiger partial charge in [0.25, 0.3) is 5.56 Å². The molecule has 0 fully saturated rings. The van der Waals surface area contributed by atoms with Gasteiger partial charge in [0.2, 0.25) is 10.0 Å². The molecule has 4 aromatic rings. The van der Waals surface area contributed by atoms with E-state index in [1.807, 2.05) is 31.2 Å². The topological polar surface area (TPSA) is 72.3 Å². The van der Waals surface area contributed by atoms with E-state index in [9.17, 15) is 17.6 Å². The zero-order valence-corrected chi connectivity index (χ0v) is 19.4. The first-order chi connectivity index (χ1) is 15.7. The first kappa shape index (κ1) is 22.8. The summed E-state index contributed by atoms with van der Waals surface area (Å²) in [6.45, 7) is 3.72. The van der Waals surface area contributed by atoms with Gasteiger partial charge in [0.15, 0.2) is 0 Å². The molecule has 170 valence electrons. The summed E-state index contributed by atoms with van der Waals surface area (Å²) in [4.78, 5) is 18.2. The highest BCUT2D eigenvalue weighted by atomic mass is 32.2. The van der Waals surface area contributed by atoms with Gasteiger partial charge in [0, 0.05) is 7.05 Å². The van der Waals surface area contributed by atoms with E-state index in [1.54, 1.807) is 31.2 Å². The maximum Gasteiger partial charge on any atom is 0.266 e. The number of nitrogens with zero attached hydrogens (tertiary/aromatic N) is 3. The smallest absolute Gasteiger partial charge is 0.266 e. The predicted octanol–water partition coefficient (Wildman–Crippen LogP) is 4.47. The zero-order chi connectivity index (χ0) is 23.8. The van der Waals surface area contributed by atoms with E-state index in [2.05, 4.69) is 0 Å². The average Bonchev–Trinajstić information content (AvgIpc) is 2.83. The number of hydrogen-bond donors (Lipinski definition) is 0. The van der Waals surface area contributed by atoms with Crippen molar-refractivity contribution in [2.45, 2.75) is 31.2 Å². The molecule has 0 amide bonds. The predicted molar refractivity (Wildman–Crippen MR) is 126 cm³/mol. The van der Waals surface area contributed by atoms with Crippen molar-refractivity contribution in [1.82, 2.24) is 13.9 Å². The number of aryl methyl sites for hydroxylation is 1. The van der Waals surface area contributed by atoms with Crippen molar-refractivity contribution < 1.29 is 12.8 Å². The number of hydrogen-bond acceptors (Lipinski definition) is 4. The van der Waals surface area contributed by atoms with Crippen molar-refractivity contribution in [3.8, 4) is 5.69 Å². The van der Waals surface area contributed by atoms with Crippen LogP contribution in [0.4, 0.5) is 4.39 Å². The Kier molecular flexibility index (Phi) is 6.14. The summed E-state index contributed by atoms with van der Waals surface area (Å²) in [5.74, 6) is -0.235. The number of benzene rings is 3. The molecule has 0 bridgehead atoms. The van der Waals surface area contributed by atoms with Crippen molar-refractivity contribution in [3.05, 3.63) is 100 Å². The number of para-hydroxylation sites is 1. The third-order valence-electron chi connectivity index (χ3n) is 5.81. The van der Waals surface area contributed by atoms with Gasteiger partial charge in [0.05, 0.1) is 27.5 Å². The molecular weight excluding hydrogens is 441 g/mol. The molecule has 0 saturated heterocycles. The second kappa shape index (κ2) is 8.88. The van der Waals surface area contributed by atoms with Crippen molar-refractivity contribution in [3.63, 3.8) is 0 Å². The van der Waals surface area contributed by atoms with Crippen LogP contribution >= 0.6 is 0 Å². The third kappa shape index (κ3) is 4.19. The molecule has 6 nitrogen and oxygen atoms in total. The van der Waals surface area contributed by atoms with Gasteiger partial charge in [-0.15, -0.1) is 0 Å². The number of sulfonamides is 1. The molecule has 0 spiro atoms.